The van der Waals surface area contributed by atoms with E-state index in [4.69, 9.17) is 4.98 Å². The summed E-state index contributed by atoms with van der Waals surface area (Å²) >= 11 is 1.48. The van der Waals surface area contributed by atoms with Gasteiger partial charge in [-0.1, -0.05) is 36.5 Å². The van der Waals surface area contributed by atoms with Gasteiger partial charge in [0.05, 0.1) is 27.4 Å². The number of carbonyl (C=O) groups excluding carboxylic acids is 1. The number of rotatable bonds is 6. The molecule has 7 nitrogen and oxygen atoms in total. The Balaban J connectivity index is 1.48. The first-order valence-corrected chi connectivity index (χ1v) is 14.7. The molecule has 37 heavy (non-hydrogen) atoms. The van der Waals surface area contributed by atoms with Crippen LogP contribution in [0, 0.1) is 19.8 Å². The molecular formula is C28H30N4O3S2. The van der Waals surface area contributed by atoms with Crippen molar-refractivity contribution in [1.29, 1.82) is 0 Å². The largest absolute Gasteiger partial charge is 0.278 e. The Hall–Kier alpha value is -3.14. The highest BCUT2D eigenvalue weighted by Gasteiger charge is 2.29. The third-order valence-electron chi connectivity index (χ3n) is 6.81. The van der Waals surface area contributed by atoms with Gasteiger partial charge in [-0.25, -0.2) is 13.4 Å². The molecule has 1 saturated heterocycles. The van der Waals surface area contributed by atoms with Crippen molar-refractivity contribution in [1.82, 2.24) is 14.3 Å². The maximum Gasteiger partial charge on any atom is 0.260 e. The van der Waals surface area contributed by atoms with Gasteiger partial charge in [0.2, 0.25) is 10.0 Å². The molecular weight excluding hydrogens is 504 g/mol. The highest BCUT2D eigenvalue weighted by atomic mass is 32.2. The first-order chi connectivity index (χ1) is 17.7. The molecule has 2 aromatic heterocycles. The summed E-state index contributed by atoms with van der Waals surface area (Å²) in [5, 5.41) is 0.585. The molecule has 1 fully saturated rings. The number of amides is 1. The van der Waals surface area contributed by atoms with E-state index < -0.39 is 10.0 Å². The fourth-order valence-corrected chi connectivity index (χ4v) is 7.39. The van der Waals surface area contributed by atoms with Crippen molar-refractivity contribution in [2.75, 3.05) is 18.0 Å². The van der Waals surface area contributed by atoms with Crippen molar-refractivity contribution in [3.05, 3.63) is 83.2 Å². The number of benzene rings is 2. The topological polar surface area (TPSA) is 83.5 Å². The molecule has 1 atom stereocenters. The lowest BCUT2D eigenvalue weighted by Gasteiger charge is -2.30. The third-order valence-corrected chi connectivity index (χ3v) is 9.91. The predicted molar refractivity (Wildman–Crippen MR) is 147 cm³/mol. The standard InChI is InChI=1S/C28H30N4O3S2/c1-19-7-6-16-31(17-19)37(34,35)24-13-11-22(12-14-24)27(33)32(18-23-8-4-5-15-29-23)28-30-25-20(2)9-10-21(3)26(25)36-28/h4-5,8-15,19H,6-7,16-18H2,1-3H3/t19-/m0/s1. The van der Waals surface area contributed by atoms with Crippen LogP contribution in [-0.2, 0) is 16.6 Å². The van der Waals surface area contributed by atoms with Crippen LogP contribution in [0.25, 0.3) is 10.2 Å². The number of fused-ring (bicyclic) bond motifs is 1. The highest BCUT2D eigenvalue weighted by molar-refractivity contribution is 7.89. The minimum Gasteiger partial charge on any atom is -0.278 e. The Morgan fingerprint density at radius 3 is 2.51 bits per heavy atom. The number of hydrogen-bond acceptors (Lipinski definition) is 6. The summed E-state index contributed by atoms with van der Waals surface area (Å²) in [5.74, 6) is 0.0844. The number of carbonyl (C=O) groups is 1. The lowest BCUT2D eigenvalue weighted by atomic mass is 10.0. The van der Waals surface area contributed by atoms with Gasteiger partial charge in [0, 0.05) is 24.8 Å². The number of piperidine rings is 1. The monoisotopic (exact) mass is 534 g/mol. The molecule has 5 rings (SSSR count). The molecule has 0 radical (unpaired) electrons. The maximum atomic E-state index is 13.8. The maximum absolute atomic E-state index is 13.8. The summed E-state index contributed by atoms with van der Waals surface area (Å²) in [4.78, 5) is 24.9. The van der Waals surface area contributed by atoms with Crippen LogP contribution in [-0.4, -0.2) is 41.7 Å². The molecule has 3 heterocycles. The highest BCUT2D eigenvalue weighted by Crippen LogP contribution is 2.34. The van der Waals surface area contributed by atoms with Crippen molar-refractivity contribution in [2.24, 2.45) is 5.92 Å². The second-order valence-electron chi connectivity index (χ2n) is 9.72. The minimum absolute atomic E-state index is 0.209. The molecule has 9 heteroatoms. The molecule has 0 aliphatic carbocycles. The average molecular weight is 535 g/mol. The van der Waals surface area contributed by atoms with Crippen LogP contribution in [0.5, 0.6) is 0 Å². The summed E-state index contributed by atoms with van der Waals surface area (Å²) in [6.45, 7) is 7.43. The van der Waals surface area contributed by atoms with E-state index in [-0.39, 0.29) is 17.3 Å². The van der Waals surface area contributed by atoms with Crippen molar-refractivity contribution in [3.8, 4) is 0 Å². The first kappa shape index (κ1) is 25.5. The normalized spacial score (nSPS) is 16.7. The number of sulfonamides is 1. The number of nitrogens with zero attached hydrogens (tertiary/aromatic N) is 4. The molecule has 0 N–H and O–H groups in total. The molecule has 4 aromatic rings. The van der Waals surface area contributed by atoms with Gasteiger partial charge in [-0.15, -0.1) is 0 Å². The zero-order chi connectivity index (χ0) is 26.2. The van der Waals surface area contributed by atoms with Crippen LogP contribution in [0.2, 0.25) is 0 Å². The number of aryl methyl sites for hydroxylation is 2. The van der Waals surface area contributed by atoms with Gasteiger partial charge in [-0.3, -0.25) is 14.7 Å². The SMILES string of the molecule is Cc1ccc(C)c2sc(N(Cc3ccccn3)C(=O)c3ccc(S(=O)(=O)N4CCC[C@H](C)C4)cc3)nc12. The van der Waals surface area contributed by atoms with E-state index in [9.17, 15) is 13.2 Å². The van der Waals surface area contributed by atoms with Gasteiger partial charge in [0.1, 0.15) is 0 Å². The zero-order valence-electron chi connectivity index (χ0n) is 21.2. The molecule has 0 bridgehead atoms. The minimum atomic E-state index is -3.60. The molecule has 0 spiro atoms. The summed E-state index contributed by atoms with van der Waals surface area (Å²) in [7, 11) is -3.60. The van der Waals surface area contributed by atoms with Gasteiger partial charge in [0.25, 0.3) is 5.91 Å². The van der Waals surface area contributed by atoms with Crippen molar-refractivity contribution >= 4 is 42.6 Å². The third kappa shape index (κ3) is 5.16. The van der Waals surface area contributed by atoms with Crippen molar-refractivity contribution in [3.63, 3.8) is 0 Å². The molecule has 2 aromatic carbocycles. The quantitative estimate of drug-likeness (QED) is 0.323. The average Bonchev–Trinajstić information content (AvgIpc) is 3.36. The summed E-state index contributed by atoms with van der Waals surface area (Å²) in [6.07, 6.45) is 3.60. The van der Waals surface area contributed by atoms with Crippen LogP contribution in [0.15, 0.2) is 65.7 Å². The van der Waals surface area contributed by atoms with E-state index in [1.807, 2.05) is 38.1 Å². The Morgan fingerprint density at radius 2 is 1.84 bits per heavy atom. The van der Waals surface area contributed by atoms with Crippen LogP contribution < -0.4 is 4.90 Å². The number of thiazole rings is 1. The van der Waals surface area contributed by atoms with Gasteiger partial charge in [-0.2, -0.15) is 4.31 Å². The van der Waals surface area contributed by atoms with Gasteiger partial charge < -0.3 is 0 Å². The lowest BCUT2D eigenvalue weighted by molar-refractivity contribution is 0.0984. The van der Waals surface area contributed by atoms with E-state index in [1.54, 1.807) is 27.5 Å². The van der Waals surface area contributed by atoms with Crippen molar-refractivity contribution in [2.45, 2.75) is 45.1 Å². The Kier molecular flexibility index (Phi) is 7.11. The molecule has 0 saturated carbocycles. The Labute approximate surface area is 221 Å². The van der Waals surface area contributed by atoms with E-state index in [0.717, 1.165) is 39.9 Å². The van der Waals surface area contributed by atoms with Crippen molar-refractivity contribution < 1.29 is 13.2 Å². The second-order valence-corrected chi connectivity index (χ2v) is 12.6. The molecule has 1 aliphatic rings. The van der Waals surface area contributed by atoms with Crippen LogP contribution in [0.3, 0.4) is 0 Å². The van der Waals surface area contributed by atoms with Crippen LogP contribution in [0.4, 0.5) is 5.13 Å². The number of pyridine rings is 1. The van der Waals surface area contributed by atoms with Gasteiger partial charge in [0.15, 0.2) is 5.13 Å². The number of aromatic nitrogens is 2. The molecule has 1 amide bonds. The number of anilines is 1. The summed E-state index contributed by atoms with van der Waals surface area (Å²) in [6, 6.07) is 16.0. The Bertz CT molecular complexity index is 1490. The predicted octanol–water partition coefficient (Wildman–Crippen LogP) is 5.58. The summed E-state index contributed by atoms with van der Waals surface area (Å²) in [5.41, 5.74) is 4.18. The van der Waals surface area contributed by atoms with Gasteiger partial charge >= 0.3 is 0 Å². The molecule has 192 valence electrons. The molecule has 0 unspecified atom stereocenters. The molecule has 1 aliphatic heterocycles. The summed E-state index contributed by atoms with van der Waals surface area (Å²) < 4.78 is 29.0. The van der Waals surface area contributed by atoms with Gasteiger partial charge in [-0.05, 0) is 80.1 Å². The fourth-order valence-electron chi connectivity index (χ4n) is 4.68. The van der Waals surface area contributed by atoms with Crippen LogP contribution in [0.1, 0.15) is 46.9 Å². The fraction of sp³-hybridized carbons (Fsp3) is 0.321. The van der Waals surface area contributed by atoms with E-state index in [1.165, 1.54) is 23.5 Å². The zero-order valence-corrected chi connectivity index (χ0v) is 22.8. The second kappa shape index (κ2) is 10.3. The lowest BCUT2D eigenvalue weighted by Crippen LogP contribution is -2.39. The van der Waals surface area contributed by atoms with E-state index in [0.29, 0.717) is 29.7 Å². The first-order valence-electron chi connectivity index (χ1n) is 12.4. The van der Waals surface area contributed by atoms with E-state index >= 15 is 0 Å². The smallest absolute Gasteiger partial charge is 0.260 e. The van der Waals surface area contributed by atoms with Crippen LogP contribution >= 0.6 is 11.3 Å². The Morgan fingerprint density at radius 1 is 1.08 bits per heavy atom. The van der Waals surface area contributed by atoms with E-state index in [2.05, 4.69) is 18.0 Å². The number of hydrogen-bond donors (Lipinski definition) is 0.